The minimum Gasteiger partial charge on any atom is -0.288 e. The van der Waals surface area contributed by atoms with Crippen LogP contribution in [-0.4, -0.2) is 23.1 Å². The van der Waals surface area contributed by atoms with E-state index in [1.807, 2.05) is 12.1 Å². The first kappa shape index (κ1) is 19.3. The van der Waals surface area contributed by atoms with Crippen molar-refractivity contribution in [1.29, 1.82) is 0 Å². The molecular formula is C20H26O2S2. The fourth-order valence-electron chi connectivity index (χ4n) is 2.64. The van der Waals surface area contributed by atoms with Crippen LogP contribution in [0.3, 0.4) is 0 Å². The number of unbranched alkanes of at least 4 members (excludes halogenated alkanes) is 4. The summed E-state index contributed by atoms with van der Waals surface area (Å²) in [6.45, 7) is 4.34. The summed E-state index contributed by atoms with van der Waals surface area (Å²) in [7, 11) is 0. The number of allylic oxidation sites excluding steroid dienone is 2. The third kappa shape index (κ3) is 4.76. The molecule has 4 heteroatoms. The minimum absolute atomic E-state index is 0.0321. The molecule has 0 amide bonds. The number of ketones is 2. The number of rotatable bonds is 10. The maximum Gasteiger partial charge on any atom is 0.201 e. The quantitative estimate of drug-likeness (QED) is 0.469. The maximum atomic E-state index is 12.9. The first-order valence-corrected chi connectivity index (χ1v) is 10.9. The summed E-state index contributed by atoms with van der Waals surface area (Å²) in [6, 6.07) is 7.23. The fraction of sp³-hybridized carbons (Fsp3) is 0.500. The zero-order chi connectivity index (χ0) is 17.4. The van der Waals surface area contributed by atoms with Crippen molar-refractivity contribution in [2.24, 2.45) is 0 Å². The van der Waals surface area contributed by atoms with Gasteiger partial charge in [0, 0.05) is 11.1 Å². The van der Waals surface area contributed by atoms with Gasteiger partial charge in [-0.25, -0.2) is 0 Å². The Kier molecular flexibility index (Phi) is 8.13. The SMILES string of the molecule is CCCCCSC1=C(SCCCCC)C(=O)c2ccccc2C1=O. The Bertz CT molecular complexity index is 567. The van der Waals surface area contributed by atoms with Crippen molar-refractivity contribution in [3.63, 3.8) is 0 Å². The van der Waals surface area contributed by atoms with Gasteiger partial charge in [-0.1, -0.05) is 63.8 Å². The largest absolute Gasteiger partial charge is 0.288 e. The molecule has 1 aromatic rings. The highest BCUT2D eigenvalue weighted by Gasteiger charge is 2.32. The molecule has 0 heterocycles. The molecule has 0 fully saturated rings. The van der Waals surface area contributed by atoms with Gasteiger partial charge in [-0.3, -0.25) is 9.59 Å². The van der Waals surface area contributed by atoms with Gasteiger partial charge in [0.25, 0.3) is 0 Å². The molecule has 2 rings (SSSR count). The lowest BCUT2D eigenvalue weighted by Gasteiger charge is -2.20. The third-order valence-corrected chi connectivity index (χ3v) is 6.49. The molecule has 1 aliphatic carbocycles. The van der Waals surface area contributed by atoms with Gasteiger partial charge >= 0.3 is 0 Å². The van der Waals surface area contributed by atoms with E-state index in [0.717, 1.165) is 50.0 Å². The van der Waals surface area contributed by atoms with Gasteiger partial charge in [-0.05, 0) is 24.3 Å². The molecule has 2 nitrogen and oxygen atoms in total. The Morgan fingerprint density at radius 1 is 0.708 bits per heavy atom. The highest BCUT2D eigenvalue weighted by molar-refractivity contribution is 8.08. The lowest BCUT2D eigenvalue weighted by molar-refractivity contribution is 0.0988. The van der Waals surface area contributed by atoms with E-state index < -0.39 is 0 Å². The highest BCUT2D eigenvalue weighted by Crippen LogP contribution is 2.38. The number of carbonyl (C=O) groups is 2. The number of hydrogen-bond acceptors (Lipinski definition) is 4. The van der Waals surface area contributed by atoms with Crippen LogP contribution < -0.4 is 0 Å². The van der Waals surface area contributed by atoms with Crippen LogP contribution in [0.25, 0.3) is 0 Å². The molecule has 0 unspecified atom stereocenters. The second-order valence-electron chi connectivity index (χ2n) is 5.97. The van der Waals surface area contributed by atoms with E-state index in [1.165, 1.54) is 0 Å². The molecule has 24 heavy (non-hydrogen) atoms. The van der Waals surface area contributed by atoms with E-state index in [9.17, 15) is 9.59 Å². The Morgan fingerprint density at radius 3 is 1.50 bits per heavy atom. The molecule has 0 aliphatic heterocycles. The van der Waals surface area contributed by atoms with E-state index in [4.69, 9.17) is 0 Å². The maximum absolute atomic E-state index is 12.9. The van der Waals surface area contributed by atoms with Crippen molar-refractivity contribution in [3.8, 4) is 0 Å². The molecule has 0 spiro atoms. The van der Waals surface area contributed by atoms with Gasteiger partial charge in [-0.15, -0.1) is 23.5 Å². The van der Waals surface area contributed by atoms with Crippen LogP contribution in [0.5, 0.6) is 0 Å². The van der Waals surface area contributed by atoms with E-state index in [-0.39, 0.29) is 11.6 Å². The van der Waals surface area contributed by atoms with Crippen molar-refractivity contribution < 1.29 is 9.59 Å². The van der Waals surface area contributed by atoms with Gasteiger partial charge in [0.15, 0.2) is 0 Å². The fourth-order valence-corrected chi connectivity index (χ4v) is 5.03. The first-order chi connectivity index (χ1) is 11.7. The van der Waals surface area contributed by atoms with E-state index >= 15 is 0 Å². The molecule has 130 valence electrons. The standard InChI is InChI=1S/C20H26O2S2/c1-3-5-9-13-23-19-17(21)15-11-7-8-12-16(15)18(22)20(19)24-14-10-6-4-2/h7-8,11-12H,3-6,9-10,13-14H2,1-2H3. The smallest absolute Gasteiger partial charge is 0.201 e. The van der Waals surface area contributed by atoms with Crippen LogP contribution >= 0.6 is 23.5 Å². The highest BCUT2D eigenvalue weighted by atomic mass is 32.2. The predicted molar refractivity (Wildman–Crippen MR) is 106 cm³/mol. The topological polar surface area (TPSA) is 34.1 Å². The van der Waals surface area contributed by atoms with Gasteiger partial charge in [-0.2, -0.15) is 0 Å². The van der Waals surface area contributed by atoms with Crippen molar-refractivity contribution in [2.45, 2.75) is 52.4 Å². The molecule has 0 radical (unpaired) electrons. The van der Waals surface area contributed by atoms with Crippen molar-refractivity contribution in [2.75, 3.05) is 11.5 Å². The van der Waals surface area contributed by atoms with Crippen LogP contribution in [0.1, 0.15) is 73.1 Å². The number of fused-ring (bicyclic) bond motifs is 1. The Morgan fingerprint density at radius 2 is 1.12 bits per heavy atom. The lowest BCUT2D eigenvalue weighted by atomic mass is 9.94. The Labute approximate surface area is 153 Å². The van der Waals surface area contributed by atoms with Gasteiger partial charge in [0.1, 0.15) is 0 Å². The molecule has 1 aromatic carbocycles. The van der Waals surface area contributed by atoms with Crippen LogP contribution in [0.2, 0.25) is 0 Å². The number of thioether (sulfide) groups is 2. The van der Waals surface area contributed by atoms with Gasteiger partial charge in [0.05, 0.1) is 9.81 Å². The summed E-state index contributed by atoms with van der Waals surface area (Å²) in [5, 5.41) is 0. The van der Waals surface area contributed by atoms with E-state index in [2.05, 4.69) is 13.8 Å². The summed E-state index contributed by atoms with van der Waals surface area (Å²) >= 11 is 3.15. The number of carbonyl (C=O) groups excluding carboxylic acids is 2. The molecule has 0 N–H and O–H groups in total. The summed E-state index contributed by atoms with van der Waals surface area (Å²) in [5.74, 6) is 1.88. The van der Waals surface area contributed by atoms with Crippen LogP contribution in [-0.2, 0) is 0 Å². The molecule has 1 aliphatic rings. The van der Waals surface area contributed by atoms with Crippen molar-refractivity contribution >= 4 is 35.1 Å². The second kappa shape index (κ2) is 10.1. The minimum atomic E-state index is 0.0321. The average Bonchev–Trinajstić information content (AvgIpc) is 2.61. The third-order valence-electron chi connectivity index (χ3n) is 4.02. The predicted octanol–water partition coefficient (Wildman–Crippen LogP) is 6.12. The Hall–Kier alpha value is -1.00. The molecule has 0 atom stereocenters. The van der Waals surface area contributed by atoms with Crippen LogP contribution in [0.15, 0.2) is 34.1 Å². The number of benzene rings is 1. The molecule has 0 saturated heterocycles. The molecule has 0 saturated carbocycles. The second-order valence-corrected chi connectivity index (χ2v) is 8.18. The monoisotopic (exact) mass is 362 g/mol. The normalized spacial score (nSPS) is 14.2. The summed E-state index contributed by atoms with van der Waals surface area (Å²) in [6.07, 6.45) is 6.82. The van der Waals surface area contributed by atoms with E-state index in [0.29, 0.717) is 20.9 Å². The van der Waals surface area contributed by atoms with Crippen molar-refractivity contribution in [1.82, 2.24) is 0 Å². The molecular weight excluding hydrogens is 336 g/mol. The summed E-state index contributed by atoms with van der Waals surface area (Å²) in [4.78, 5) is 27.1. The summed E-state index contributed by atoms with van der Waals surface area (Å²) < 4.78 is 0. The Balaban J connectivity index is 2.21. The number of Topliss-reactive ketones (excluding diaryl/α,β-unsaturated/α-hetero) is 2. The van der Waals surface area contributed by atoms with E-state index in [1.54, 1.807) is 35.7 Å². The molecule has 0 bridgehead atoms. The van der Waals surface area contributed by atoms with Crippen LogP contribution in [0, 0.1) is 0 Å². The first-order valence-electron chi connectivity index (χ1n) is 8.89. The van der Waals surface area contributed by atoms with Crippen LogP contribution in [0.4, 0.5) is 0 Å². The number of hydrogen-bond donors (Lipinski definition) is 0. The molecule has 0 aromatic heterocycles. The van der Waals surface area contributed by atoms with Crippen molar-refractivity contribution in [3.05, 3.63) is 45.2 Å². The van der Waals surface area contributed by atoms with Gasteiger partial charge < -0.3 is 0 Å². The lowest BCUT2D eigenvalue weighted by Crippen LogP contribution is -2.20. The average molecular weight is 363 g/mol. The zero-order valence-corrected chi connectivity index (χ0v) is 16.2. The van der Waals surface area contributed by atoms with Gasteiger partial charge in [0.2, 0.25) is 11.6 Å². The summed E-state index contributed by atoms with van der Waals surface area (Å²) in [5.41, 5.74) is 1.14. The zero-order valence-electron chi connectivity index (χ0n) is 14.6.